The normalized spacial score (nSPS) is 10.9. The molecule has 3 aromatic rings. The zero-order valence-corrected chi connectivity index (χ0v) is 14.0. The van der Waals surface area contributed by atoms with Gasteiger partial charge in [-0.25, -0.2) is 0 Å². The number of halogens is 2. The second-order valence-corrected chi connectivity index (χ2v) is 6.51. The Hall–Kier alpha value is -1.49. The van der Waals surface area contributed by atoms with Gasteiger partial charge in [-0.2, -0.15) is 0 Å². The average Bonchev–Trinajstić information content (AvgIpc) is 2.96. The molecule has 0 aliphatic heterocycles. The van der Waals surface area contributed by atoms with Gasteiger partial charge in [-0.05, 0) is 31.2 Å². The van der Waals surface area contributed by atoms with Crippen LogP contribution in [0.4, 0.5) is 0 Å². The predicted molar refractivity (Wildman–Crippen MR) is 90.5 cm³/mol. The van der Waals surface area contributed by atoms with Gasteiger partial charge in [0.15, 0.2) is 0 Å². The summed E-state index contributed by atoms with van der Waals surface area (Å²) in [6.45, 7) is 2.02. The van der Waals surface area contributed by atoms with Crippen LogP contribution < -0.4 is 0 Å². The third-order valence-electron chi connectivity index (χ3n) is 2.99. The van der Waals surface area contributed by atoms with E-state index >= 15 is 0 Å². The second kappa shape index (κ2) is 6.73. The van der Waals surface area contributed by atoms with E-state index < -0.39 is 0 Å². The Kier molecular flexibility index (Phi) is 4.71. The molecule has 0 spiro atoms. The molecule has 1 aromatic heterocycles. The zero-order chi connectivity index (χ0) is 15.5. The molecule has 0 N–H and O–H groups in total. The van der Waals surface area contributed by atoms with Gasteiger partial charge in [0.2, 0.25) is 11.8 Å². The summed E-state index contributed by atoms with van der Waals surface area (Å²) < 4.78 is 5.70. The Labute approximate surface area is 142 Å². The standard InChI is InChI=1S/C16H12Cl2N2OS/c1-10-4-2-5-11(8-10)16-20-19-14(21-16)9-22-15-12(17)6-3-7-13(15)18/h2-8H,9H2,1H3. The Bertz CT molecular complexity index is 784. The highest BCUT2D eigenvalue weighted by molar-refractivity contribution is 7.98. The van der Waals surface area contributed by atoms with Crippen LogP contribution in [0.15, 0.2) is 51.8 Å². The first kappa shape index (κ1) is 15.4. The van der Waals surface area contributed by atoms with Gasteiger partial charge in [0.1, 0.15) is 0 Å². The molecule has 0 radical (unpaired) electrons. The number of nitrogens with zero attached hydrogens (tertiary/aromatic N) is 2. The first-order valence-electron chi connectivity index (χ1n) is 6.60. The van der Waals surface area contributed by atoms with Crippen LogP contribution in [-0.4, -0.2) is 10.2 Å². The lowest BCUT2D eigenvalue weighted by Gasteiger charge is -2.04. The number of hydrogen-bond acceptors (Lipinski definition) is 4. The van der Waals surface area contributed by atoms with Crippen molar-refractivity contribution in [3.63, 3.8) is 0 Å². The molecule has 0 fully saturated rings. The Morgan fingerprint density at radius 3 is 2.50 bits per heavy atom. The van der Waals surface area contributed by atoms with Gasteiger partial charge in [0.25, 0.3) is 0 Å². The van der Waals surface area contributed by atoms with Crippen molar-refractivity contribution in [2.75, 3.05) is 0 Å². The van der Waals surface area contributed by atoms with Gasteiger partial charge in [0.05, 0.1) is 15.8 Å². The van der Waals surface area contributed by atoms with Crippen LogP contribution in [0.25, 0.3) is 11.5 Å². The van der Waals surface area contributed by atoms with Crippen LogP contribution in [0.2, 0.25) is 10.0 Å². The minimum Gasteiger partial charge on any atom is -0.420 e. The zero-order valence-electron chi connectivity index (χ0n) is 11.7. The highest BCUT2D eigenvalue weighted by Gasteiger charge is 2.11. The monoisotopic (exact) mass is 350 g/mol. The number of aryl methyl sites for hydroxylation is 1. The van der Waals surface area contributed by atoms with Crippen molar-refractivity contribution in [3.05, 3.63) is 64.0 Å². The second-order valence-electron chi connectivity index (χ2n) is 4.71. The molecule has 0 bridgehead atoms. The predicted octanol–water partition coefficient (Wildman–Crippen LogP) is 5.64. The fourth-order valence-corrected chi connectivity index (χ4v) is 3.48. The van der Waals surface area contributed by atoms with Crippen molar-refractivity contribution >= 4 is 35.0 Å². The fraction of sp³-hybridized carbons (Fsp3) is 0.125. The number of hydrogen-bond donors (Lipinski definition) is 0. The van der Waals surface area contributed by atoms with Crippen molar-refractivity contribution in [1.29, 1.82) is 0 Å². The molecule has 0 saturated carbocycles. The highest BCUT2D eigenvalue weighted by Crippen LogP contribution is 2.35. The largest absolute Gasteiger partial charge is 0.420 e. The first-order valence-corrected chi connectivity index (χ1v) is 8.34. The summed E-state index contributed by atoms with van der Waals surface area (Å²) in [6, 6.07) is 13.4. The van der Waals surface area contributed by atoms with Crippen molar-refractivity contribution in [2.45, 2.75) is 17.6 Å². The highest BCUT2D eigenvalue weighted by atomic mass is 35.5. The molecular formula is C16H12Cl2N2OS. The maximum atomic E-state index is 6.14. The molecule has 22 heavy (non-hydrogen) atoms. The van der Waals surface area contributed by atoms with E-state index in [9.17, 15) is 0 Å². The molecule has 0 amide bonds. The smallest absolute Gasteiger partial charge is 0.247 e. The summed E-state index contributed by atoms with van der Waals surface area (Å²) in [5.74, 6) is 1.57. The third kappa shape index (κ3) is 3.46. The molecule has 0 aliphatic rings. The summed E-state index contributed by atoms with van der Waals surface area (Å²) in [5.41, 5.74) is 2.06. The van der Waals surface area contributed by atoms with E-state index in [1.54, 1.807) is 0 Å². The van der Waals surface area contributed by atoms with Crippen LogP contribution in [0.1, 0.15) is 11.5 Å². The van der Waals surface area contributed by atoms with Gasteiger partial charge in [-0.1, -0.05) is 47.0 Å². The van der Waals surface area contributed by atoms with E-state index in [1.807, 2.05) is 49.4 Å². The van der Waals surface area contributed by atoms with Crippen LogP contribution in [0.5, 0.6) is 0 Å². The van der Waals surface area contributed by atoms with Gasteiger partial charge in [-0.15, -0.1) is 22.0 Å². The topological polar surface area (TPSA) is 38.9 Å². The van der Waals surface area contributed by atoms with Gasteiger partial charge < -0.3 is 4.42 Å². The Morgan fingerprint density at radius 1 is 1.05 bits per heavy atom. The number of aromatic nitrogens is 2. The molecule has 0 unspecified atom stereocenters. The fourth-order valence-electron chi connectivity index (χ4n) is 1.96. The van der Waals surface area contributed by atoms with Crippen LogP contribution in [-0.2, 0) is 5.75 Å². The van der Waals surface area contributed by atoms with E-state index in [0.29, 0.717) is 27.6 Å². The summed E-state index contributed by atoms with van der Waals surface area (Å²) >= 11 is 13.8. The van der Waals surface area contributed by atoms with E-state index in [0.717, 1.165) is 16.0 Å². The van der Waals surface area contributed by atoms with E-state index in [1.165, 1.54) is 11.8 Å². The van der Waals surface area contributed by atoms with Crippen molar-refractivity contribution in [3.8, 4) is 11.5 Å². The molecule has 0 aliphatic carbocycles. The molecule has 0 saturated heterocycles. The molecule has 0 atom stereocenters. The lowest BCUT2D eigenvalue weighted by atomic mass is 10.1. The maximum Gasteiger partial charge on any atom is 0.247 e. The van der Waals surface area contributed by atoms with Crippen LogP contribution >= 0.6 is 35.0 Å². The SMILES string of the molecule is Cc1cccc(-c2nnc(CSc3c(Cl)cccc3Cl)o2)c1. The molecule has 112 valence electrons. The Balaban J connectivity index is 1.75. The minimum absolute atomic E-state index is 0.516. The van der Waals surface area contributed by atoms with E-state index in [4.69, 9.17) is 27.6 Å². The number of benzene rings is 2. The average molecular weight is 351 g/mol. The van der Waals surface area contributed by atoms with Gasteiger partial charge in [0, 0.05) is 10.5 Å². The first-order chi connectivity index (χ1) is 10.6. The van der Waals surface area contributed by atoms with E-state index in [-0.39, 0.29) is 0 Å². The Morgan fingerprint density at radius 2 is 1.77 bits per heavy atom. The molecule has 1 heterocycles. The number of rotatable bonds is 4. The lowest BCUT2D eigenvalue weighted by molar-refractivity contribution is 0.528. The van der Waals surface area contributed by atoms with Crippen molar-refractivity contribution in [1.82, 2.24) is 10.2 Å². The van der Waals surface area contributed by atoms with Crippen molar-refractivity contribution in [2.24, 2.45) is 0 Å². The van der Waals surface area contributed by atoms with Crippen LogP contribution in [0, 0.1) is 6.92 Å². The molecule has 3 rings (SSSR count). The summed E-state index contributed by atoms with van der Waals surface area (Å²) in [5, 5.41) is 9.40. The summed E-state index contributed by atoms with van der Waals surface area (Å²) in [7, 11) is 0. The van der Waals surface area contributed by atoms with E-state index in [2.05, 4.69) is 10.2 Å². The van der Waals surface area contributed by atoms with Crippen molar-refractivity contribution < 1.29 is 4.42 Å². The lowest BCUT2D eigenvalue weighted by Crippen LogP contribution is -1.82. The molecule has 6 heteroatoms. The summed E-state index contributed by atoms with van der Waals surface area (Å²) in [6.07, 6.45) is 0. The van der Waals surface area contributed by atoms with Crippen LogP contribution in [0.3, 0.4) is 0 Å². The van der Waals surface area contributed by atoms with Gasteiger partial charge >= 0.3 is 0 Å². The molecule has 3 nitrogen and oxygen atoms in total. The maximum absolute atomic E-state index is 6.14. The molecule has 2 aromatic carbocycles. The van der Waals surface area contributed by atoms with Gasteiger partial charge in [-0.3, -0.25) is 0 Å². The minimum atomic E-state index is 0.516. The summed E-state index contributed by atoms with van der Waals surface area (Å²) in [4.78, 5) is 0.820. The molecular weight excluding hydrogens is 339 g/mol. The third-order valence-corrected chi connectivity index (χ3v) is 4.96. The quantitative estimate of drug-likeness (QED) is 0.570. The number of thioether (sulfide) groups is 1.